The number of ether oxygens (including phenoxy) is 1. The number of hydrogen-bond acceptors (Lipinski definition) is 4. The summed E-state index contributed by atoms with van der Waals surface area (Å²) < 4.78 is 10.7. The van der Waals surface area contributed by atoms with Crippen molar-refractivity contribution in [3.8, 4) is 0 Å². The molecule has 2 rings (SSSR count). The van der Waals surface area contributed by atoms with Crippen LogP contribution in [0.2, 0.25) is 0 Å². The van der Waals surface area contributed by atoms with Gasteiger partial charge in [0.15, 0.2) is 5.76 Å². The fraction of sp³-hybridized carbons (Fsp3) is 0.643. The molecule has 2 atom stereocenters. The van der Waals surface area contributed by atoms with Gasteiger partial charge in [-0.05, 0) is 32.4 Å². The Labute approximate surface area is 113 Å². The highest BCUT2D eigenvalue weighted by Crippen LogP contribution is 2.10. The normalized spacial score (nSPS) is 24.3. The molecule has 0 saturated carbocycles. The van der Waals surface area contributed by atoms with Crippen LogP contribution in [0, 0.1) is 0 Å². The smallest absolute Gasteiger partial charge is 0.286 e. The van der Waals surface area contributed by atoms with Crippen LogP contribution in [-0.4, -0.2) is 49.2 Å². The van der Waals surface area contributed by atoms with Gasteiger partial charge in [-0.25, -0.2) is 0 Å². The van der Waals surface area contributed by atoms with Crippen molar-refractivity contribution in [3.05, 3.63) is 24.2 Å². The standard InChI is InChI=1S/C14H22N2O3/c1-11-9-16(10-12(2)19-11)7-4-6-15-14(17)13-5-3-8-18-13/h3,5,8,11-12H,4,6-7,9-10H2,1-2H3,(H,15,17)/t11-,12-/m1/s1. The Morgan fingerprint density at radius 2 is 2.16 bits per heavy atom. The maximum atomic E-state index is 11.6. The van der Waals surface area contributed by atoms with Gasteiger partial charge in [-0.1, -0.05) is 0 Å². The summed E-state index contributed by atoms with van der Waals surface area (Å²) in [5.41, 5.74) is 0. The van der Waals surface area contributed by atoms with Crippen LogP contribution >= 0.6 is 0 Å². The van der Waals surface area contributed by atoms with E-state index in [4.69, 9.17) is 9.15 Å². The van der Waals surface area contributed by atoms with E-state index in [1.54, 1.807) is 12.1 Å². The molecule has 0 aromatic carbocycles. The summed E-state index contributed by atoms with van der Waals surface area (Å²) in [5.74, 6) is 0.224. The minimum absolute atomic E-state index is 0.145. The summed E-state index contributed by atoms with van der Waals surface area (Å²) >= 11 is 0. The Morgan fingerprint density at radius 3 is 2.79 bits per heavy atom. The number of furan rings is 1. The molecule has 0 bridgehead atoms. The van der Waals surface area contributed by atoms with Crippen LogP contribution in [-0.2, 0) is 4.74 Å². The van der Waals surface area contributed by atoms with Crippen LogP contribution in [0.3, 0.4) is 0 Å². The monoisotopic (exact) mass is 266 g/mol. The lowest BCUT2D eigenvalue weighted by Crippen LogP contribution is -2.46. The number of hydrogen-bond donors (Lipinski definition) is 1. The van der Waals surface area contributed by atoms with Crippen LogP contribution in [0.4, 0.5) is 0 Å². The molecule has 5 nitrogen and oxygen atoms in total. The molecule has 1 aromatic rings. The summed E-state index contributed by atoms with van der Waals surface area (Å²) in [6, 6.07) is 3.38. The molecule has 1 fully saturated rings. The first kappa shape index (κ1) is 14.1. The van der Waals surface area contributed by atoms with E-state index in [-0.39, 0.29) is 5.91 Å². The average molecular weight is 266 g/mol. The molecule has 0 radical (unpaired) electrons. The fourth-order valence-electron chi connectivity index (χ4n) is 2.47. The van der Waals surface area contributed by atoms with Gasteiger partial charge in [0, 0.05) is 26.2 Å². The minimum atomic E-state index is -0.145. The van der Waals surface area contributed by atoms with Crippen molar-refractivity contribution in [1.29, 1.82) is 0 Å². The quantitative estimate of drug-likeness (QED) is 0.821. The van der Waals surface area contributed by atoms with E-state index < -0.39 is 0 Å². The van der Waals surface area contributed by atoms with Gasteiger partial charge in [-0.15, -0.1) is 0 Å². The van der Waals surface area contributed by atoms with Gasteiger partial charge in [-0.3, -0.25) is 9.69 Å². The van der Waals surface area contributed by atoms with Gasteiger partial charge in [0.25, 0.3) is 5.91 Å². The Bertz CT molecular complexity index is 381. The molecule has 0 unspecified atom stereocenters. The first-order valence-corrected chi connectivity index (χ1v) is 6.84. The van der Waals surface area contributed by atoms with Crippen molar-refractivity contribution >= 4 is 5.91 Å². The maximum Gasteiger partial charge on any atom is 0.286 e. The summed E-state index contributed by atoms with van der Waals surface area (Å²) in [6.07, 6.45) is 3.03. The van der Waals surface area contributed by atoms with Gasteiger partial charge in [0.1, 0.15) is 0 Å². The van der Waals surface area contributed by atoms with Gasteiger partial charge >= 0.3 is 0 Å². The largest absolute Gasteiger partial charge is 0.459 e. The second kappa shape index (κ2) is 6.73. The highest BCUT2D eigenvalue weighted by molar-refractivity contribution is 5.91. The van der Waals surface area contributed by atoms with Crippen molar-refractivity contribution in [1.82, 2.24) is 10.2 Å². The zero-order chi connectivity index (χ0) is 13.7. The number of morpholine rings is 1. The minimum Gasteiger partial charge on any atom is -0.459 e. The molecule has 1 aromatic heterocycles. The molecule has 1 N–H and O–H groups in total. The summed E-state index contributed by atoms with van der Waals surface area (Å²) in [7, 11) is 0. The summed E-state index contributed by atoms with van der Waals surface area (Å²) in [5, 5.41) is 2.86. The van der Waals surface area contributed by atoms with E-state index in [2.05, 4.69) is 24.1 Å². The van der Waals surface area contributed by atoms with Crippen molar-refractivity contribution in [2.24, 2.45) is 0 Å². The highest BCUT2D eigenvalue weighted by Gasteiger charge is 2.21. The molecule has 1 aliphatic rings. The molecule has 1 saturated heterocycles. The first-order valence-electron chi connectivity index (χ1n) is 6.84. The molecule has 0 aliphatic carbocycles. The average Bonchev–Trinajstić information content (AvgIpc) is 2.87. The van der Waals surface area contributed by atoms with Crippen molar-refractivity contribution in [2.75, 3.05) is 26.2 Å². The van der Waals surface area contributed by atoms with Gasteiger partial charge in [0.2, 0.25) is 0 Å². The lowest BCUT2D eigenvalue weighted by Gasteiger charge is -2.35. The molecular weight excluding hydrogens is 244 g/mol. The molecule has 19 heavy (non-hydrogen) atoms. The van der Waals surface area contributed by atoms with E-state index >= 15 is 0 Å². The Morgan fingerprint density at radius 1 is 1.42 bits per heavy atom. The first-order chi connectivity index (χ1) is 9.15. The van der Waals surface area contributed by atoms with Crippen LogP contribution < -0.4 is 5.32 Å². The van der Waals surface area contributed by atoms with E-state index in [9.17, 15) is 4.79 Å². The molecule has 1 amide bonds. The van der Waals surface area contributed by atoms with Crippen LogP contribution in [0.25, 0.3) is 0 Å². The van der Waals surface area contributed by atoms with Crippen LogP contribution in [0.15, 0.2) is 22.8 Å². The number of carbonyl (C=O) groups is 1. The number of amides is 1. The van der Waals surface area contributed by atoms with E-state index in [0.29, 0.717) is 24.5 Å². The highest BCUT2D eigenvalue weighted by atomic mass is 16.5. The van der Waals surface area contributed by atoms with Gasteiger partial charge in [0.05, 0.1) is 18.5 Å². The zero-order valence-corrected chi connectivity index (χ0v) is 11.6. The van der Waals surface area contributed by atoms with E-state index in [1.165, 1.54) is 6.26 Å². The lowest BCUT2D eigenvalue weighted by molar-refractivity contribution is -0.0680. The Hall–Kier alpha value is -1.33. The Balaban J connectivity index is 1.63. The number of carbonyl (C=O) groups excluding carboxylic acids is 1. The third-order valence-electron chi connectivity index (χ3n) is 3.18. The molecule has 2 heterocycles. The summed E-state index contributed by atoms with van der Waals surface area (Å²) in [4.78, 5) is 14.0. The number of rotatable bonds is 5. The van der Waals surface area contributed by atoms with Gasteiger partial charge < -0.3 is 14.5 Å². The second-order valence-electron chi connectivity index (χ2n) is 5.10. The predicted molar refractivity (Wildman–Crippen MR) is 72.1 cm³/mol. The molecule has 0 spiro atoms. The summed E-state index contributed by atoms with van der Waals surface area (Å²) in [6.45, 7) is 7.78. The third kappa shape index (κ3) is 4.36. The van der Waals surface area contributed by atoms with Crippen LogP contribution in [0.1, 0.15) is 30.8 Å². The van der Waals surface area contributed by atoms with Crippen molar-refractivity contribution < 1.29 is 13.9 Å². The zero-order valence-electron chi connectivity index (χ0n) is 11.6. The van der Waals surface area contributed by atoms with E-state index in [1.807, 2.05) is 0 Å². The SMILES string of the molecule is C[C@@H]1CN(CCCNC(=O)c2ccco2)C[C@@H](C)O1. The number of nitrogens with one attached hydrogen (secondary N) is 1. The third-order valence-corrected chi connectivity index (χ3v) is 3.18. The van der Waals surface area contributed by atoms with Crippen molar-refractivity contribution in [3.63, 3.8) is 0 Å². The topological polar surface area (TPSA) is 54.7 Å². The lowest BCUT2D eigenvalue weighted by atomic mass is 10.2. The fourth-order valence-corrected chi connectivity index (χ4v) is 2.47. The van der Waals surface area contributed by atoms with Gasteiger partial charge in [-0.2, -0.15) is 0 Å². The molecule has 106 valence electrons. The van der Waals surface area contributed by atoms with E-state index in [0.717, 1.165) is 26.1 Å². The Kier molecular flexibility index (Phi) is 4.99. The second-order valence-corrected chi connectivity index (χ2v) is 5.10. The van der Waals surface area contributed by atoms with Crippen molar-refractivity contribution in [2.45, 2.75) is 32.5 Å². The molecular formula is C14H22N2O3. The van der Waals surface area contributed by atoms with Crippen LogP contribution in [0.5, 0.6) is 0 Å². The maximum absolute atomic E-state index is 11.6. The molecule has 5 heteroatoms. The predicted octanol–water partition coefficient (Wildman–Crippen LogP) is 1.51. The number of nitrogens with zero attached hydrogens (tertiary/aromatic N) is 1. The molecule has 1 aliphatic heterocycles.